The maximum absolute atomic E-state index is 8.52. The summed E-state index contributed by atoms with van der Waals surface area (Å²) < 4.78 is 0. The van der Waals surface area contributed by atoms with Crippen LogP contribution in [-0.4, -0.2) is 30.1 Å². The molecule has 0 N–H and O–H groups in total. The van der Waals surface area contributed by atoms with Gasteiger partial charge in [0.05, 0.1) is 0 Å². The van der Waals surface area contributed by atoms with Crippen molar-refractivity contribution in [3.63, 3.8) is 0 Å². The third-order valence-corrected chi connectivity index (χ3v) is 3.97. The molecule has 0 bridgehead atoms. The Kier molecular flexibility index (Phi) is 5.03. The van der Waals surface area contributed by atoms with Crippen LogP contribution in [0.4, 0.5) is 0 Å². The molecule has 4 heteroatoms. The molecule has 4 nitrogen and oxygen atoms in total. The van der Waals surface area contributed by atoms with Crippen molar-refractivity contribution < 1.29 is 0 Å². The van der Waals surface area contributed by atoms with Crippen LogP contribution in [0.5, 0.6) is 0 Å². The van der Waals surface area contributed by atoms with Gasteiger partial charge in [-0.3, -0.25) is 4.90 Å². The van der Waals surface area contributed by atoms with Crippen molar-refractivity contribution in [3.05, 3.63) is 21.6 Å². The van der Waals surface area contributed by atoms with E-state index in [0.717, 1.165) is 19.5 Å². The molecule has 0 aromatic heterocycles. The topological polar surface area (TPSA) is 52.0 Å². The summed E-state index contributed by atoms with van der Waals surface area (Å²) in [5, 5.41) is 3.77. The van der Waals surface area contributed by atoms with E-state index in [-0.39, 0.29) is 5.54 Å². The first-order valence-corrected chi connectivity index (χ1v) is 6.49. The molecule has 0 spiro atoms. The van der Waals surface area contributed by atoms with Crippen molar-refractivity contribution in [2.24, 2.45) is 5.11 Å². The molecule has 0 aliphatic carbocycles. The van der Waals surface area contributed by atoms with Crippen LogP contribution in [0.25, 0.3) is 10.4 Å². The lowest BCUT2D eigenvalue weighted by molar-refractivity contribution is 0.188. The Bertz CT molecular complexity index is 331. The van der Waals surface area contributed by atoms with Crippen LogP contribution in [0.3, 0.4) is 0 Å². The molecule has 0 aromatic rings. The van der Waals surface area contributed by atoms with Crippen molar-refractivity contribution >= 4 is 0 Å². The molecule has 1 aliphatic rings. The van der Waals surface area contributed by atoms with Crippen molar-refractivity contribution in [3.8, 4) is 0 Å². The standard InChI is InChI=1S/C13H24N4/c1-5-11(2)12(10-15-16-14)13(3,4)17-8-6-7-9-17/h5-10H2,1-4H3. The van der Waals surface area contributed by atoms with Crippen molar-refractivity contribution in [2.75, 3.05) is 19.6 Å². The fraction of sp³-hybridized carbons (Fsp3) is 0.846. The fourth-order valence-corrected chi connectivity index (χ4v) is 2.63. The lowest BCUT2D eigenvalue weighted by Gasteiger charge is -2.38. The zero-order valence-electron chi connectivity index (χ0n) is 11.5. The number of likely N-dealkylation sites (tertiary alicyclic amines) is 1. The van der Waals surface area contributed by atoms with Crippen LogP contribution in [0.1, 0.15) is 47.0 Å². The van der Waals surface area contributed by atoms with E-state index in [1.807, 2.05) is 0 Å². The second kappa shape index (κ2) is 6.08. The maximum atomic E-state index is 8.52. The highest BCUT2D eigenvalue weighted by Gasteiger charge is 2.32. The maximum Gasteiger partial charge on any atom is 0.0490 e. The molecule has 1 aliphatic heterocycles. The van der Waals surface area contributed by atoms with Gasteiger partial charge in [0.15, 0.2) is 0 Å². The van der Waals surface area contributed by atoms with Crippen molar-refractivity contribution in [2.45, 2.75) is 52.5 Å². The number of azide groups is 1. The number of rotatable bonds is 5. The van der Waals surface area contributed by atoms with E-state index in [0.29, 0.717) is 6.54 Å². The van der Waals surface area contributed by atoms with Gasteiger partial charge >= 0.3 is 0 Å². The number of allylic oxidation sites excluding steroid dienone is 1. The Hall–Kier alpha value is -0.990. The lowest BCUT2D eigenvalue weighted by atomic mass is 9.87. The quantitative estimate of drug-likeness (QED) is 0.309. The van der Waals surface area contributed by atoms with Crippen molar-refractivity contribution in [1.29, 1.82) is 0 Å². The summed E-state index contributed by atoms with van der Waals surface area (Å²) >= 11 is 0. The van der Waals surface area contributed by atoms with Gasteiger partial charge in [-0.15, -0.1) is 0 Å². The molecule has 17 heavy (non-hydrogen) atoms. The summed E-state index contributed by atoms with van der Waals surface area (Å²) in [5.41, 5.74) is 11.2. The largest absolute Gasteiger partial charge is 0.294 e. The predicted octanol–water partition coefficient (Wildman–Crippen LogP) is 3.90. The minimum absolute atomic E-state index is 0.0186. The summed E-state index contributed by atoms with van der Waals surface area (Å²) in [6, 6.07) is 0. The molecule has 0 aromatic carbocycles. The predicted molar refractivity (Wildman–Crippen MR) is 71.9 cm³/mol. The second-order valence-corrected chi connectivity index (χ2v) is 5.25. The normalized spacial score (nSPS) is 18.8. The molecule has 1 rings (SSSR count). The van der Waals surface area contributed by atoms with Crippen LogP contribution in [0.15, 0.2) is 16.3 Å². The summed E-state index contributed by atoms with van der Waals surface area (Å²) in [6.45, 7) is 11.6. The Morgan fingerprint density at radius 1 is 1.35 bits per heavy atom. The van der Waals surface area contributed by atoms with Crippen LogP contribution in [-0.2, 0) is 0 Å². The van der Waals surface area contributed by atoms with E-state index in [1.54, 1.807) is 0 Å². The highest BCUT2D eigenvalue weighted by atomic mass is 15.2. The van der Waals surface area contributed by atoms with Crippen LogP contribution >= 0.6 is 0 Å². The molecule has 0 amide bonds. The third-order valence-electron chi connectivity index (χ3n) is 3.97. The van der Waals surface area contributed by atoms with Gasteiger partial charge in [-0.1, -0.05) is 17.6 Å². The summed E-state index contributed by atoms with van der Waals surface area (Å²) in [7, 11) is 0. The van der Waals surface area contributed by atoms with Crippen molar-refractivity contribution in [1.82, 2.24) is 4.90 Å². The zero-order chi connectivity index (χ0) is 12.9. The minimum Gasteiger partial charge on any atom is -0.294 e. The van der Waals surface area contributed by atoms with Gasteiger partial charge in [-0.25, -0.2) is 0 Å². The smallest absolute Gasteiger partial charge is 0.0490 e. The van der Waals surface area contributed by atoms with E-state index in [2.05, 4.69) is 42.6 Å². The van der Waals surface area contributed by atoms with Gasteiger partial charge in [0.25, 0.3) is 0 Å². The average Bonchev–Trinajstić information content (AvgIpc) is 2.83. The monoisotopic (exact) mass is 236 g/mol. The van der Waals surface area contributed by atoms with Gasteiger partial charge < -0.3 is 0 Å². The summed E-state index contributed by atoms with van der Waals surface area (Å²) in [6.07, 6.45) is 3.58. The van der Waals surface area contributed by atoms with Gasteiger partial charge in [-0.05, 0) is 64.2 Å². The Morgan fingerprint density at radius 3 is 2.41 bits per heavy atom. The zero-order valence-corrected chi connectivity index (χ0v) is 11.5. The highest BCUT2D eigenvalue weighted by molar-refractivity contribution is 5.25. The third kappa shape index (κ3) is 3.24. The molecule has 96 valence electrons. The average molecular weight is 236 g/mol. The van der Waals surface area contributed by atoms with Crippen LogP contribution in [0, 0.1) is 0 Å². The minimum atomic E-state index is 0.0186. The fourth-order valence-electron chi connectivity index (χ4n) is 2.63. The number of hydrogen-bond donors (Lipinski definition) is 0. The molecule has 0 radical (unpaired) electrons. The summed E-state index contributed by atoms with van der Waals surface area (Å²) in [4.78, 5) is 5.41. The van der Waals surface area contributed by atoms with E-state index in [9.17, 15) is 0 Å². The molecule has 0 saturated carbocycles. The molecule has 0 unspecified atom stereocenters. The molecular weight excluding hydrogens is 212 g/mol. The first kappa shape index (κ1) is 14.1. The Morgan fingerprint density at radius 2 is 1.94 bits per heavy atom. The van der Waals surface area contributed by atoms with Crippen LogP contribution < -0.4 is 0 Å². The number of nitrogens with zero attached hydrogens (tertiary/aromatic N) is 4. The second-order valence-electron chi connectivity index (χ2n) is 5.25. The van der Waals surface area contributed by atoms with Gasteiger partial charge in [-0.2, -0.15) is 0 Å². The molecule has 0 atom stereocenters. The van der Waals surface area contributed by atoms with E-state index in [1.165, 1.54) is 24.0 Å². The number of hydrogen-bond acceptors (Lipinski definition) is 2. The van der Waals surface area contributed by atoms with Gasteiger partial charge in [0, 0.05) is 17.0 Å². The summed E-state index contributed by atoms with van der Waals surface area (Å²) in [5.74, 6) is 0. The van der Waals surface area contributed by atoms with Gasteiger partial charge in [0.1, 0.15) is 0 Å². The Labute approximate surface area is 104 Å². The van der Waals surface area contributed by atoms with E-state index in [4.69, 9.17) is 5.53 Å². The SMILES string of the molecule is CCC(C)=C(CN=[N+]=[N-])C(C)(C)N1CCCC1. The van der Waals surface area contributed by atoms with Crippen LogP contribution in [0.2, 0.25) is 0 Å². The van der Waals surface area contributed by atoms with E-state index >= 15 is 0 Å². The molecule has 1 heterocycles. The van der Waals surface area contributed by atoms with E-state index < -0.39 is 0 Å². The molecular formula is C13H24N4. The first-order valence-electron chi connectivity index (χ1n) is 6.49. The van der Waals surface area contributed by atoms with Gasteiger partial charge in [0.2, 0.25) is 0 Å². The highest BCUT2D eigenvalue weighted by Crippen LogP contribution is 2.31. The molecule has 1 fully saturated rings. The Balaban J connectivity index is 2.98. The first-order chi connectivity index (χ1) is 8.04. The lowest BCUT2D eigenvalue weighted by Crippen LogP contribution is -2.44. The molecule has 1 saturated heterocycles.